The van der Waals surface area contributed by atoms with E-state index in [1.54, 1.807) is 12.1 Å². The van der Waals surface area contributed by atoms with Gasteiger partial charge in [-0.25, -0.2) is 0 Å². The maximum Gasteiger partial charge on any atom is 0.269 e. The van der Waals surface area contributed by atoms with E-state index in [4.69, 9.17) is 0 Å². The Morgan fingerprint density at radius 1 is 1.27 bits per heavy atom. The van der Waals surface area contributed by atoms with Crippen LogP contribution >= 0.6 is 0 Å². The summed E-state index contributed by atoms with van der Waals surface area (Å²) < 4.78 is 0. The normalized spacial score (nSPS) is 25.0. The Kier molecular flexibility index (Phi) is 5.16. The van der Waals surface area contributed by atoms with Gasteiger partial charge in [-0.2, -0.15) is 0 Å². The van der Waals surface area contributed by atoms with Crippen LogP contribution < -0.4 is 5.32 Å². The number of amides is 1. The summed E-state index contributed by atoms with van der Waals surface area (Å²) in [6.45, 7) is 6.54. The zero-order valence-corrected chi connectivity index (χ0v) is 13.4. The number of nitrogens with zero attached hydrogens (tertiary/aromatic N) is 1. The molecule has 3 unspecified atom stereocenters. The predicted octanol–water partition coefficient (Wildman–Crippen LogP) is 4.24. The highest BCUT2D eigenvalue weighted by Gasteiger charge is 2.35. The van der Waals surface area contributed by atoms with Crippen molar-refractivity contribution in [3.05, 3.63) is 34.4 Å². The number of hydrogen-bond donors (Lipinski definition) is 1. The number of nitro benzene ring substituents is 1. The number of nitro groups is 1. The smallest absolute Gasteiger partial charge is 0.269 e. The van der Waals surface area contributed by atoms with E-state index < -0.39 is 4.92 Å². The molecule has 0 saturated heterocycles. The van der Waals surface area contributed by atoms with E-state index in [0.717, 1.165) is 12.8 Å². The number of nitrogens with one attached hydrogen (secondary N) is 1. The first kappa shape index (κ1) is 16.5. The van der Waals surface area contributed by atoms with Crippen LogP contribution in [0, 0.1) is 33.8 Å². The Labute approximate surface area is 131 Å². The van der Waals surface area contributed by atoms with Gasteiger partial charge in [-0.15, -0.1) is 0 Å². The molecule has 3 atom stereocenters. The molecule has 1 aliphatic carbocycles. The third-order valence-electron chi connectivity index (χ3n) is 4.70. The summed E-state index contributed by atoms with van der Waals surface area (Å²) in [5.41, 5.74) is 0.653. The molecule has 2 rings (SSSR count). The second-order valence-corrected chi connectivity index (χ2v) is 6.73. The van der Waals surface area contributed by atoms with Crippen LogP contribution in [0.25, 0.3) is 0 Å². The minimum atomic E-state index is -0.441. The summed E-state index contributed by atoms with van der Waals surface area (Å²) in [6.07, 6.45) is 3.20. The van der Waals surface area contributed by atoms with Crippen molar-refractivity contribution in [2.24, 2.45) is 23.7 Å². The highest BCUT2D eigenvalue weighted by atomic mass is 16.6. The molecule has 0 bridgehead atoms. The fourth-order valence-electron chi connectivity index (χ4n) is 3.41. The van der Waals surface area contributed by atoms with E-state index in [0.29, 0.717) is 23.4 Å². The Morgan fingerprint density at radius 3 is 2.45 bits per heavy atom. The Hall–Kier alpha value is -1.91. The molecular formula is C17H24N2O3. The van der Waals surface area contributed by atoms with E-state index in [2.05, 4.69) is 26.1 Å². The molecule has 0 aromatic heterocycles. The van der Waals surface area contributed by atoms with Crippen LogP contribution in [0.5, 0.6) is 0 Å². The third-order valence-corrected chi connectivity index (χ3v) is 4.70. The first-order valence-electron chi connectivity index (χ1n) is 7.93. The van der Waals surface area contributed by atoms with Gasteiger partial charge in [-0.3, -0.25) is 14.9 Å². The quantitative estimate of drug-likeness (QED) is 0.668. The Morgan fingerprint density at radius 2 is 1.91 bits per heavy atom. The summed E-state index contributed by atoms with van der Waals surface area (Å²) in [4.78, 5) is 22.8. The van der Waals surface area contributed by atoms with Crippen molar-refractivity contribution in [2.75, 3.05) is 5.32 Å². The molecule has 120 valence electrons. The molecule has 1 saturated carbocycles. The van der Waals surface area contributed by atoms with E-state index in [9.17, 15) is 14.9 Å². The topological polar surface area (TPSA) is 72.2 Å². The van der Waals surface area contributed by atoms with Crippen LogP contribution in [0.15, 0.2) is 24.3 Å². The number of carbonyl (C=O) groups excluding carboxylic acids is 1. The average molecular weight is 304 g/mol. The predicted molar refractivity (Wildman–Crippen MR) is 86.6 cm³/mol. The molecule has 1 aliphatic rings. The molecule has 1 aromatic carbocycles. The summed E-state index contributed by atoms with van der Waals surface area (Å²) in [7, 11) is 0. The van der Waals surface area contributed by atoms with Gasteiger partial charge in [0.05, 0.1) is 4.92 Å². The van der Waals surface area contributed by atoms with Crippen molar-refractivity contribution in [1.29, 1.82) is 0 Å². The molecule has 1 aromatic rings. The Bertz CT molecular complexity index is 539. The van der Waals surface area contributed by atoms with Crippen LogP contribution in [0.1, 0.15) is 40.0 Å². The molecule has 5 heteroatoms. The number of hydrogen-bond acceptors (Lipinski definition) is 3. The van der Waals surface area contributed by atoms with Crippen molar-refractivity contribution in [1.82, 2.24) is 0 Å². The lowest BCUT2D eigenvalue weighted by molar-refractivity contribution is -0.384. The van der Waals surface area contributed by atoms with E-state index in [1.165, 1.54) is 18.6 Å². The minimum Gasteiger partial charge on any atom is -0.326 e. The lowest BCUT2D eigenvalue weighted by Gasteiger charge is -2.36. The molecule has 0 spiro atoms. The molecule has 22 heavy (non-hydrogen) atoms. The van der Waals surface area contributed by atoms with Crippen molar-refractivity contribution in [2.45, 2.75) is 40.0 Å². The van der Waals surface area contributed by atoms with Gasteiger partial charge in [0.2, 0.25) is 5.91 Å². The standard InChI is InChI=1S/C17H24N2O3/c1-11(2)15-9-4-12(3)10-16(15)17(20)18-13-5-7-14(8-6-13)19(21)22/h5-8,11-12,15-16H,4,9-10H2,1-3H3,(H,18,20). The van der Waals surface area contributed by atoms with Crippen molar-refractivity contribution >= 4 is 17.3 Å². The number of anilines is 1. The third kappa shape index (κ3) is 3.84. The molecule has 0 heterocycles. The van der Waals surface area contributed by atoms with Crippen molar-refractivity contribution < 1.29 is 9.72 Å². The lowest BCUT2D eigenvalue weighted by atomic mass is 9.70. The van der Waals surface area contributed by atoms with Crippen LogP contribution in [0.2, 0.25) is 0 Å². The minimum absolute atomic E-state index is 0.0268. The zero-order chi connectivity index (χ0) is 16.3. The van der Waals surface area contributed by atoms with Gasteiger partial charge in [0.15, 0.2) is 0 Å². The number of carbonyl (C=O) groups is 1. The first-order valence-corrected chi connectivity index (χ1v) is 7.93. The number of non-ortho nitro benzene ring substituents is 1. The maximum atomic E-state index is 12.6. The zero-order valence-electron chi connectivity index (χ0n) is 13.4. The largest absolute Gasteiger partial charge is 0.326 e. The van der Waals surface area contributed by atoms with Gasteiger partial charge in [-0.1, -0.05) is 27.2 Å². The van der Waals surface area contributed by atoms with Crippen LogP contribution in [-0.4, -0.2) is 10.8 Å². The highest BCUT2D eigenvalue weighted by Crippen LogP contribution is 2.38. The number of benzene rings is 1. The molecule has 1 N–H and O–H groups in total. The van der Waals surface area contributed by atoms with Gasteiger partial charge in [0.1, 0.15) is 0 Å². The lowest BCUT2D eigenvalue weighted by Crippen LogP contribution is -2.36. The Balaban J connectivity index is 2.07. The molecule has 0 radical (unpaired) electrons. The second kappa shape index (κ2) is 6.90. The van der Waals surface area contributed by atoms with E-state index in [1.807, 2.05) is 0 Å². The first-order chi connectivity index (χ1) is 10.4. The highest BCUT2D eigenvalue weighted by molar-refractivity contribution is 5.92. The molecular weight excluding hydrogens is 280 g/mol. The summed E-state index contributed by atoms with van der Waals surface area (Å²) >= 11 is 0. The fraction of sp³-hybridized carbons (Fsp3) is 0.588. The summed E-state index contributed by atoms with van der Waals surface area (Å²) in [5, 5.41) is 13.6. The fourth-order valence-corrected chi connectivity index (χ4v) is 3.41. The van der Waals surface area contributed by atoms with Crippen molar-refractivity contribution in [3.63, 3.8) is 0 Å². The van der Waals surface area contributed by atoms with Gasteiger partial charge >= 0.3 is 0 Å². The van der Waals surface area contributed by atoms with Gasteiger partial charge < -0.3 is 5.32 Å². The second-order valence-electron chi connectivity index (χ2n) is 6.73. The van der Waals surface area contributed by atoms with Crippen LogP contribution in [-0.2, 0) is 4.79 Å². The monoisotopic (exact) mass is 304 g/mol. The molecule has 1 fully saturated rings. The average Bonchev–Trinajstić information content (AvgIpc) is 2.47. The molecule has 0 aliphatic heterocycles. The molecule has 1 amide bonds. The van der Waals surface area contributed by atoms with Crippen molar-refractivity contribution in [3.8, 4) is 0 Å². The summed E-state index contributed by atoms with van der Waals surface area (Å²) in [5.74, 6) is 1.54. The maximum absolute atomic E-state index is 12.6. The molecule has 5 nitrogen and oxygen atoms in total. The van der Waals surface area contributed by atoms with Gasteiger partial charge in [-0.05, 0) is 42.7 Å². The number of rotatable bonds is 4. The van der Waals surface area contributed by atoms with E-state index in [-0.39, 0.29) is 17.5 Å². The van der Waals surface area contributed by atoms with Crippen LogP contribution in [0.3, 0.4) is 0 Å². The van der Waals surface area contributed by atoms with Gasteiger partial charge in [0, 0.05) is 23.7 Å². The summed E-state index contributed by atoms with van der Waals surface area (Å²) in [6, 6.07) is 6.01. The van der Waals surface area contributed by atoms with Gasteiger partial charge in [0.25, 0.3) is 5.69 Å². The van der Waals surface area contributed by atoms with Crippen LogP contribution in [0.4, 0.5) is 11.4 Å². The van der Waals surface area contributed by atoms with E-state index >= 15 is 0 Å². The SMILES string of the molecule is CC1CCC(C(C)C)C(C(=O)Nc2ccc([N+](=O)[O-])cc2)C1.